The molecule has 0 radical (unpaired) electrons. The van der Waals surface area contributed by atoms with Crippen LogP contribution in [0.2, 0.25) is 0 Å². The van der Waals surface area contributed by atoms with Gasteiger partial charge in [-0.1, -0.05) is 38.1 Å². The molecule has 2 aromatic rings. The van der Waals surface area contributed by atoms with E-state index in [0.29, 0.717) is 16.5 Å². The molecule has 0 aliphatic rings. The number of nitrogens with two attached hydrogens (primary N) is 2. The maximum Gasteiger partial charge on any atom is 0.339 e. The summed E-state index contributed by atoms with van der Waals surface area (Å²) >= 11 is 0. The number of rotatable bonds is 5. The Morgan fingerprint density at radius 3 is 2.26 bits per heavy atom. The lowest BCUT2D eigenvalue weighted by atomic mass is 10.0. The topological polar surface area (TPSA) is 123 Å². The van der Waals surface area contributed by atoms with E-state index in [0.717, 1.165) is 0 Å². The molecule has 2 rings (SSSR count). The Balaban J connectivity index is 2.78. The van der Waals surface area contributed by atoms with Crippen LogP contribution in [0.3, 0.4) is 0 Å². The summed E-state index contributed by atoms with van der Waals surface area (Å²) in [6.45, 7) is 3.45. The van der Waals surface area contributed by atoms with E-state index in [1.807, 2.05) is 0 Å². The highest BCUT2D eigenvalue weighted by atomic mass is 32.2. The van der Waals surface area contributed by atoms with Gasteiger partial charge < -0.3 is 16.6 Å². The number of hydrogen-bond donors (Lipinski definition) is 3. The molecule has 1 atom stereocenters. The molecule has 0 bridgehead atoms. The van der Waals surface area contributed by atoms with Crippen molar-refractivity contribution in [1.82, 2.24) is 0 Å². The summed E-state index contributed by atoms with van der Waals surface area (Å²) in [6, 6.07) is 9.45. The molecule has 0 aromatic heterocycles. The zero-order valence-electron chi connectivity index (χ0n) is 13.0. The van der Waals surface area contributed by atoms with E-state index in [1.54, 1.807) is 38.1 Å². The Labute approximate surface area is 135 Å². The molecule has 0 aliphatic carbocycles. The average molecular weight is 336 g/mol. The zero-order valence-corrected chi connectivity index (χ0v) is 13.8. The fraction of sp³-hybridized carbons (Fsp3) is 0.312. The van der Waals surface area contributed by atoms with Gasteiger partial charge in [-0.05, 0) is 24.5 Å². The molecule has 23 heavy (non-hydrogen) atoms. The summed E-state index contributed by atoms with van der Waals surface area (Å²) in [5.41, 5.74) is 12.2. The van der Waals surface area contributed by atoms with Gasteiger partial charge in [-0.25, -0.2) is 13.2 Å². The molecule has 124 valence electrons. The van der Waals surface area contributed by atoms with Gasteiger partial charge in [0.05, 0.1) is 4.90 Å². The summed E-state index contributed by atoms with van der Waals surface area (Å²) in [5.74, 6) is -1.77. The van der Waals surface area contributed by atoms with Crippen molar-refractivity contribution >= 4 is 32.3 Å². The Hall–Kier alpha value is -2.12. The molecule has 0 saturated heterocycles. The maximum atomic E-state index is 13.0. The standard InChI is InChI=1S/C16H20N2O4S/c1-10(2)9-16(18,15(19)20)23(21,22)14-8-7-13(17)11-5-3-4-6-12(11)14/h3-8,10H,9,17-18H2,1-2H3,(H,19,20). The SMILES string of the molecule is CC(C)CC(N)(C(=O)O)S(=O)(=O)c1ccc(N)c2ccccc12. The van der Waals surface area contributed by atoms with Gasteiger partial charge in [-0.15, -0.1) is 0 Å². The highest BCUT2D eigenvalue weighted by molar-refractivity contribution is 7.93. The van der Waals surface area contributed by atoms with Crippen LogP contribution in [0.15, 0.2) is 41.3 Å². The van der Waals surface area contributed by atoms with Gasteiger partial charge in [0.25, 0.3) is 0 Å². The van der Waals surface area contributed by atoms with Crippen LogP contribution in [0, 0.1) is 5.92 Å². The number of anilines is 1. The molecular formula is C16H20N2O4S. The van der Waals surface area contributed by atoms with Gasteiger partial charge in [0.1, 0.15) is 0 Å². The van der Waals surface area contributed by atoms with Gasteiger partial charge >= 0.3 is 5.97 Å². The lowest BCUT2D eigenvalue weighted by Gasteiger charge is -2.27. The fourth-order valence-electron chi connectivity index (χ4n) is 2.64. The molecule has 0 aliphatic heterocycles. The fourth-order valence-corrected chi connectivity index (χ4v) is 4.53. The first-order chi connectivity index (χ1) is 10.6. The number of sulfone groups is 1. The van der Waals surface area contributed by atoms with Crippen molar-refractivity contribution in [2.75, 3.05) is 5.73 Å². The van der Waals surface area contributed by atoms with Crippen molar-refractivity contribution in [2.24, 2.45) is 11.7 Å². The Morgan fingerprint density at radius 1 is 1.17 bits per heavy atom. The lowest BCUT2D eigenvalue weighted by Crippen LogP contribution is -2.55. The van der Waals surface area contributed by atoms with Gasteiger partial charge in [-0.2, -0.15) is 0 Å². The maximum absolute atomic E-state index is 13.0. The van der Waals surface area contributed by atoms with Crippen molar-refractivity contribution in [1.29, 1.82) is 0 Å². The van der Waals surface area contributed by atoms with Crippen molar-refractivity contribution in [2.45, 2.75) is 30.0 Å². The van der Waals surface area contributed by atoms with Gasteiger partial charge in [0, 0.05) is 16.5 Å². The Kier molecular flexibility index (Phi) is 4.37. The third-order valence-electron chi connectivity index (χ3n) is 3.76. The van der Waals surface area contributed by atoms with E-state index in [1.165, 1.54) is 12.1 Å². The van der Waals surface area contributed by atoms with E-state index < -0.39 is 20.7 Å². The van der Waals surface area contributed by atoms with Crippen molar-refractivity contribution in [3.8, 4) is 0 Å². The Morgan fingerprint density at radius 2 is 1.74 bits per heavy atom. The van der Waals surface area contributed by atoms with Crippen LogP contribution < -0.4 is 11.5 Å². The van der Waals surface area contributed by atoms with Crippen LogP contribution in [0.1, 0.15) is 20.3 Å². The predicted octanol–water partition coefficient (Wildman–Crippen LogP) is 1.98. The first-order valence-corrected chi connectivity index (χ1v) is 8.63. The first kappa shape index (κ1) is 17.2. The van der Waals surface area contributed by atoms with Crippen LogP contribution in [-0.4, -0.2) is 24.4 Å². The summed E-state index contributed by atoms with van der Waals surface area (Å²) in [6.07, 6.45) is -0.191. The number of hydrogen-bond acceptors (Lipinski definition) is 5. The lowest BCUT2D eigenvalue weighted by molar-refractivity contribution is -0.140. The van der Waals surface area contributed by atoms with Crippen LogP contribution in [0.25, 0.3) is 10.8 Å². The number of aliphatic carboxylic acids is 1. The molecule has 5 N–H and O–H groups in total. The summed E-state index contributed by atoms with van der Waals surface area (Å²) < 4.78 is 26.0. The molecule has 0 fully saturated rings. The third kappa shape index (κ3) is 2.77. The second kappa shape index (κ2) is 5.82. The Bertz CT molecular complexity index is 862. The van der Waals surface area contributed by atoms with Crippen LogP contribution in [0.5, 0.6) is 0 Å². The van der Waals surface area contributed by atoms with Gasteiger partial charge in [0.2, 0.25) is 14.7 Å². The molecule has 6 nitrogen and oxygen atoms in total. The quantitative estimate of drug-likeness (QED) is 0.717. The van der Waals surface area contributed by atoms with Gasteiger partial charge in [0.15, 0.2) is 0 Å². The minimum absolute atomic E-state index is 0.118. The third-order valence-corrected chi connectivity index (χ3v) is 6.00. The molecule has 1 unspecified atom stereocenters. The number of fused-ring (bicyclic) bond motifs is 1. The highest BCUT2D eigenvalue weighted by Gasteiger charge is 2.49. The van der Waals surface area contributed by atoms with Crippen molar-refractivity contribution < 1.29 is 18.3 Å². The summed E-state index contributed by atoms with van der Waals surface area (Å²) in [7, 11) is -4.32. The number of nitrogen functional groups attached to an aromatic ring is 1. The molecule has 7 heteroatoms. The van der Waals surface area contributed by atoms with Crippen LogP contribution in [0.4, 0.5) is 5.69 Å². The first-order valence-electron chi connectivity index (χ1n) is 7.15. The molecule has 0 spiro atoms. The molecule has 0 saturated carbocycles. The second-order valence-electron chi connectivity index (χ2n) is 5.99. The molecule has 0 amide bonds. The van der Waals surface area contributed by atoms with E-state index in [4.69, 9.17) is 11.5 Å². The van der Waals surface area contributed by atoms with Crippen LogP contribution >= 0.6 is 0 Å². The predicted molar refractivity (Wildman–Crippen MR) is 89.6 cm³/mol. The molecule has 2 aromatic carbocycles. The normalized spacial score (nSPS) is 14.8. The summed E-state index contributed by atoms with van der Waals surface area (Å²) in [5, 5.41) is 10.4. The van der Waals surface area contributed by atoms with Crippen molar-refractivity contribution in [3.63, 3.8) is 0 Å². The second-order valence-corrected chi connectivity index (χ2v) is 8.17. The zero-order chi connectivity index (χ0) is 17.4. The van der Waals surface area contributed by atoms with E-state index >= 15 is 0 Å². The van der Waals surface area contributed by atoms with Crippen molar-refractivity contribution in [3.05, 3.63) is 36.4 Å². The van der Waals surface area contributed by atoms with E-state index in [2.05, 4.69) is 0 Å². The summed E-state index contributed by atoms with van der Waals surface area (Å²) in [4.78, 5) is 9.14. The molecule has 0 heterocycles. The largest absolute Gasteiger partial charge is 0.479 e. The number of carbonyl (C=O) groups is 1. The van der Waals surface area contributed by atoms with Crippen LogP contribution in [-0.2, 0) is 14.6 Å². The average Bonchev–Trinajstić information content (AvgIpc) is 2.46. The number of carboxylic acids is 1. The highest BCUT2D eigenvalue weighted by Crippen LogP contribution is 2.34. The monoisotopic (exact) mass is 336 g/mol. The smallest absolute Gasteiger partial charge is 0.339 e. The number of carboxylic acid groups (broad SMARTS) is 1. The van der Waals surface area contributed by atoms with E-state index in [-0.39, 0.29) is 17.2 Å². The minimum atomic E-state index is -4.32. The van der Waals surface area contributed by atoms with Gasteiger partial charge in [-0.3, -0.25) is 0 Å². The molecular weight excluding hydrogens is 316 g/mol. The van der Waals surface area contributed by atoms with E-state index in [9.17, 15) is 18.3 Å². The minimum Gasteiger partial charge on any atom is -0.479 e. The number of benzene rings is 2.